The Morgan fingerprint density at radius 1 is 0.475 bits per heavy atom. The van der Waals surface area contributed by atoms with Crippen molar-refractivity contribution in [2.75, 3.05) is 13.2 Å². The molecule has 0 spiro atoms. The lowest BCUT2D eigenvalue weighted by Crippen LogP contribution is -2.45. The van der Waals surface area contributed by atoms with E-state index in [1.165, 1.54) is 173 Å². The maximum absolute atomic E-state index is 12.4. The third-order valence-corrected chi connectivity index (χ3v) is 11.7. The summed E-state index contributed by atoms with van der Waals surface area (Å²) in [4.78, 5) is 24.4. The number of hydrogen-bond donors (Lipinski definition) is 3. The van der Waals surface area contributed by atoms with Crippen LogP contribution >= 0.6 is 0 Å². The van der Waals surface area contributed by atoms with Crippen LogP contribution in [0.5, 0.6) is 0 Å². The summed E-state index contributed by atoms with van der Waals surface area (Å²) in [6.07, 6.45) is 58.4. The molecule has 1 amide bonds. The molecule has 0 bridgehead atoms. The average molecular weight is 830 g/mol. The molecule has 6 nitrogen and oxygen atoms in total. The Balaban J connectivity index is 3.55. The first kappa shape index (κ1) is 57.1. The van der Waals surface area contributed by atoms with Gasteiger partial charge in [0.25, 0.3) is 0 Å². The number of rotatable bonds is 47. The zero-order valence-electron chi connectivity index (χ0n) is 39.2. The second kappa shape index (κ2) is 48.7. The summed E-state index contributed by atoms with van der Waals surface area (Å²) in [5.74, 6) is -0.142. The molecule has 0 saturated heterocycles. The van der Waals surface area contributed by atoms with E-state index in [1.54, 1.807) is 0 Å². The molecule has 346 valence electrons. The first-order valence-electron chi connectivity index (χ1n) is 25.7. The largest absolute Gasteiger partial charge is 0.466 e. The van der Waals surface area contributed by atoms with Gasteiger partial charge in [-0.3, -0.25) is 9.59 Å². The van der Waals surface area contributed by atoms with E-state index in [-0.39, 0.29) is 18.5 Å². The zero-order chi connectivity index (χ0) is 43.0. The minimum absolute atomic E-state index is 0.0249. The Kier molecular flexibility index (Phi) is 47.2. The summed E-state index contributed by atoms with van der Waals surface area (Å²) in [7, 11) is 0. The molecule has 0 aliphatic heterocycles. The molecular weight excluding hydrogens is 731 g/mol. The van der Waals surface area contributed by atoms with E-state index in [0.29, 0.717) is 32.3 Å². The van der Waals surface area contributed by atoms with Gasteiger partial charge in [-0.25, -0.2) is 0 Å². The fourth-order valence-corrected chi connectivity index (χ4v) is 7.68. The number of hydrogen-bond acceptors (Lipinski definition) is 5. The summed E-state index contributed by atoms with van der Waals surface area (Å²) in [5.41, 5.74) is 0. The van der Waals surface area contributed by atoms with Gasteiger partial charge < -0.3 is 20.3 Å². The monoisotopic (exact) mass is 830 g/mol. The van der Waals surface area contributed by atoms with Crippen molar-refractivity contribution in [2.45, 2.75) is 276 Å². The van der Waals surface area contributed by atoms with Crippen LogP contribution in [0.3, 0.4) is 0 Å². The topological polar surface area (TPSA) is 95.9 Å². The Morgan fingerprint density at radius 3 is 1.34 bits per heavy atom. The Bertz CT molecular complexity index is 962. The third-order valence-electron chi connectivity index (χ3n) is 11.7. The molecule has 0 rings (SSSR count). The van der Waals surface area contributed by atoms with E-state index in [1.807, 2.05) is 6.08 Å². The molecule has 0 aromatic carbocycles. The van der Waals surface area contributed by atoms with Crippen molar-refractivity contribution < 1.29 is 24.5 Å². The molecule has 6 heteroatoms. The van der Waals surface area contributed by atoms with Gasteiger partial charge in [-0.1, -0.05) is 217 Å². The lowest BCUT2D eigenvalue weighted by Gasteiger charge is -2.22. The number of esters is 1. The minimum atomic E-state index is -0.698. The van der Waals surface area contributed by atoms with E-state index in [9.17, 15) is 19.8 Å². The van der Waals surface area contributed by atoms with E-state index in [0.717, 1.165) is 51.4 Å². The van der Waals surface area contributed by atoms with Crippen LogP contribution in [0.25, 0.3) is 0 Å². The fourth-order valence-electron chi connectivity index (χ4n) is 7.68. The summed E-state index contributed by atoms with van der Waals surface area (Å²) < 4.78 is 5.45. The van der Waals surface area contributed by atoms with Gasteiger partial charge in [0.15, 0.2) is 0 Å². The molecule has 0 heterocycles. The van der Waals surface area contributed by atoms with Crippen molar-refractivity contribution in [2.24, 2.45) is 0 Å². The maximum atomic E-state index is 12.4. The molecule has 0 aromatic rings. The number of aliphatic hydroxyl groups excluding tert-OH is 2. The molecule has 3 N–H and O–H groups in total. The molecule has 0 saturated carbocycles. The first-order valence-corrected chi connectivity index (χ1v) is 25.7. The molecular formula is C53H99NO5. The molecule has 59 heavy (non-hydrogen) atoms. The fraction of sp³-hybridized carbons (Fsp3) is 0.849. The summed E-state index contributed by atoms with van der Waals surface area (Å²) >= 11 is 0. The number of nitrogens with one attached hydrogen (secondary N) is 1. The van der Waals surface area contributed by atoms with Gasteiger partial charge >= 0.3 is 5.97 Å². The first-order chi connectivity index (χ1) is 29.0. The Labute approximate surface area is 366 Å². The van der Waals surface area contributed by atoms with Crippen LogP contribution in [0.15, 0.2) is 36.5 Å². The Hall–Kier alpha value is -1.92. The van der Waals surface area contributed by atoms with Crippen molar-refractivity contribution in [3.63, 3.8) is 0 Å². The highest BCUT2D eigenvalue weighted by Gasteiger charge is 2.19. The SMILES string of the molecule is CCCCCCCCC/C=C\CCCCCCCC(=O)OCCCCCCCC/C=C\C/C=C\CCC(=O)NC(CO)C(O)CCCCCCCCCCCCCCC. The standard InChI is InChI=1S/C53H99NO5/c1-3-5-7-9-11-13-15-17-18-19-23-27-31-35-39-43-47-53(58)59-48-44-40-36-32-28-24-20-22-26-30-34-38-42-46-52(57)54-50(49-55)51(56)45-41-37-33-29-25-21-16-14-12-10-8-6-4-2/h18-19,22,26,34,38,50-51,55-56H,3-17,20-21,23-25,27-33,35-37,39-49H2,1-2H3,(H,54,57)/b19-18-,26-22-,38-34-. The number of amides is 1. The number of unbranched alkanes of at least 4 members (excludes halogenated alkanes) is 30. The third kappa shape index (κ3) is 45.4. The van der Waals surface area contributed by atoms with Gasteiger partial charge in [0, 0.05) is 12.8 Å². The second-order valence-electron chi connectivity index (χ2n) is 17.5. The molecule has 0 radical (unpaired) electrons. The Morgan fingerprint density at radius 2 is 0.864 bits per heavy atom. The number of carbonyl (C=O) groups is 2. The smallest absolute Gasteiger partial charge is 0.305 e. The van der Waals surface area contributed by atoms with Gasteiger partial charge in [0.05, 0.1) is 25.4 Å². The predicted octanol–water partition coefficient (Wildman–Crippen LogP) is 15.3. The van der Waals surface area contributed by atoms with E-state index in [2.05, 4.69) is 49.5 Å². The van der Waals surface area contributed by atoms with Gasteiger partial charge in [0.1, 0.15) is 0 Å². The normalized spacial score (nSPS) is 12.9. The highest BCUT2D eigenvalue weighted by molar-refractivity contribution is 5.76. The minimum Gasteiger partial charge on any atom is -0.466 e. The van der Waals surface area contributed by atoms with E-state index < -0.39 is 12.1 Å². The lowest BCUT2D eigenvalue weighted by atomic mass is 10.0. The number of allylic oxidation sites excluding steroid dienone is 6. The highest BCUT2D eigenvalue weighted by Crippen LogP contribution is 2.15. The number of carbonyl (C=O) groups excluding carboxylic acids is 2. The molecule has 0 aliphatic carbocycles. The number of ether oxygens (including phenoxy) is 1. The summed E-state index contributed by atoms with van der Waals surface area (Å²) in [6, 6.07) is -0.585. The average Bonchev–Trinajstić information content (AvgIpc) is 3.24. The molecule has 2 unspecified atom stereocenters. The van der Waals surface area contributed by atoms with Gasteiger partial charge in [-0.2, -0.15) is 0 Å². The molecule has 0 aromatic heterocycles. The molecule has 0 aliphatic rings. The van der Waals surface area contributed by atoms with Gasteiger partial charge in [0.2, 0.25) is 5.91 Å². The van der Waals surface area contributed by atoms with Crippen molar-refractivity contribution >= 4 is 11.9 Å². The van der Waals surface area contributed by atoms with Crippen LogP contribution in [-0.4, -0.2) is 47.4 Å². The highest BCUT2D eigenvalue weighted by atomic mass is 16.5. The van der Waals surface area contributed by atoms with E-state index >= 15 is 0 Å². The van der Waals surface area contributed by atoms with Crippen molar-refractivity contribution in [3.8, 4) is 0 Å². The van der Waals surface area contributed by atoms with Crippen LogP contribution in [0.1, 0.15) is 264 Å². The lowest BCUT2D eigenvalue weighted by molar-refractivity contribution is -0.143. The van der Waals surface area contributed by atoms with Crippen molar-refractivity contribution in [1.82, 2.24) is 5.32 Å². The summed E-state index contributed by atoms with van der Waals surface area (Å²) in [5, 5.41) is 23.1. The van der Waals surface area contributed by atoms with Crippen LogP contribution < -0.4 is 5.32 Å². The maximum Gasteiger partial charge on any atom is 0.305 e. The quantitative estimate of drug-likeness (QED) is 0.0323. The van der Waals surface area contributed by atoms with Gasteiger partial charge in [-0.05, 0) is 70.6 Å². The second-order valence-corrected chi connectivity index (χ2v) is 17.5. The molecule has 2 atom stereocenters. The van der Waals surface area contributed by atoms with Crippen molar-refractivity contribution in [3.05, 3.63) is 36.5 Å². The van der Waals surface area contributed by atoms with Crippen LogP contribution in [0, 0.1) is 0 Å². The van der Waals surface area contributed by atoms with E-state index in [4.69, 9.17) is 4.74 Å². The molecule has 0 fully saturated rings. The predicted molar refractivity (Wildman–Crippen MR) is 255 cm³/mol. The number of aliphatic hydroxyl groups is 2. The van der Waals surface area contributed by atoms with Crippen LogP contribution in [0.4, 0.5) is 0 Å². The van der Waals surface area contributed by atoms with Crippen LogP contribution in [-0.2, 0) is 14.3 Å². The van der Waals surface area contributed by atoms with Crippen LogP contribution in [0.2, 0.25) is 0 Å². The summed E-state index contributed by atoms with van der Waals surface area (Å²) in [6.45, 7) is 4.87. The van der Waals surface area contributed by atoms with Crippen molar-refractivity contribution in [1.29, 1.82) is 0 Å². The van der Waals surface area contributed by atoms with Gasteiger partial charge in [-0.15, -0.1) is 0 Å². The zero-order valence-corrected chi connectivity index (χ0v) is 39.2.